The summed E-state index contributed by atoms with van der Waals surface area (Å²) in [6, 6.07) is 7.71. The molecule has 2 amide bonds. The quantitative estimate of drug-likeness (QED) is 0.863. The maximum absolute atomic E-state index is 12.9. The van der Waals surface area contributed by atoms with E-state index in [-0.39, 0.29) is 17.7 Å². The van der Waals surface area contributed by atoms with E-state index in [9.17, 15) is 9.59 Å². The summed E-state index contributed by atoms with van der Waals surface area (Å²) in [6.45, 7) is 5.85. The zero-order chi connectivity index (χ0) is 17.7. The molecule has 1 aromatic carbocycles. The van der Waals surface area contributed by atoms with Gasteiger partial charge in [0.05, 0.1) is 0 Å². The number of amides is 2. The fraction of sp³-hybridized carbons (Fsp3) is 0.579. The normalized spacial score (nSPS) is 18.0. The first-order chi connectivity index (χ1) is 11.5. The van der Waals surface area contributed by atoms with Gasteiger partial charge >= 0.3 is 0 Å². The second-order valence-corrected chi connectivity index (χ2v) is 6.63. The average Bonchev–Trinajstić information content (AvgIpc) is 2.62. The lowest BCUT2D eigenvalue weighted by Crippen LogP contribution is -2.54. The second-order valence-electron chi connectivity index (χ2n) is 6.63. The van der Waals surface area contributed by atoms with E-state index < -0.39 is 6.04 Å². The van der Waals surface area contributed by atoms with Crippen molar-refractivity contribution in [1.29, 1.82) is 0 Å². The van der Waals surface area contributed by atoms with Gasteiger partial charge < -0.3 is 15.1 Å². The van der Waals surface area contributed by atoms with Gasteiger partial charge in [-0.3, -0.25) is 9.59 Å². The van der Waals surface area contributed by atoms with Crippen molar-refractivity contribution in [3.8, 4) is 0 Å². The van der Waals surface area contributed by atoms with Crippen molar-refractivity contribution in [2.45, 2.75) is 39.3 Å². The van der Waals surface area contributed by atoms with Crippen LogP contribution < -0.4 is 5.32 Å². The van der Waals surface area contributed by atoms with Gasteiger partial charge in [-0.25, -0.2) is 0 Å². The molecule has 0 saturated carbocycles. The van der Waals surface area contributed by atoms with Gasteiger partial charge in [0.2, 0.25) is 11.8 Å². The summed E-state index contributed by atoms with van der Waals surface area (Å²) in [7, 11) is 3.68. The third kappa shape index (κ3) is 3.96. The van der Waals surface area contributed by atoms with Gasteiger partial charge in [-0.05, 0) is 24.6 Å². The number of nitrogens with one attached hydrogen (secondary N) is 1. The maximum Gasteiger partial charge on any atom is 0.245 e. The molecule has 0 fully saturated rings. The van der Waals surface area contributed by atoms with E-state index in [0.717, 1.165) is 18.5 Å². The first-order valence-electron chi connectivity index (χ1n) is 8.76. The highest BCUT2D eigenvalue weighted by atomic mass is 16.2. The first-order valence-corrected chi connectivity index (χ1v) is 8.76. The minimum absolute atomic E-state index is 0.0245. The zero-order valence-corrected chi connectivity index (χ0v) is 15.2. The topological polar surface area (TPSA) is 52.7 Å². The van der Waals surface area contributed by atoms with E-state index in [4.69, 9.17) is 0 Å². The molecule has 0 saturated heterocycles. The van der Waals surface area contributed by atoms with Crippen LogP contribution in [-0.2, 0) is 22.6 Å². The summed E-state index contributed by atoms with van der Waals surface area (Å²) >= 11 is 0. The van der Waals surface area contributed by atoms with Crippen molar-refractivity contribution < 1.29 is 9.59 Å². The molecule has 0 aliphatic carbocycles. The first kappa shape index (κ1) is 18.5. The number of fused-ring (bicyclic) bond motifs is 1. The van der Waals surface area contributed by atoms with Crippen molar-refractivity contribution in [3.63, 3.8) is 0 Å². The molecule has 24 heavy (non-hydrogen) atoms. The van der Waals surface area contributed by atoms with E-state index in [1.165, 1.54) is 5.56 Å². The third-order valence-corrected chi connectivity index (χ3v) is 4.92. The smallest absolute Gasteiger partial charge is 0.245 e. The number of benzene rings is 1. The molecule has 2 rings (SSSR count). The van der Waals surface area contributed by atoms with Gasteiger partial charge in [0, 0.05) is 39.0 Å². The van der Waals surface area contributed by atoms with Gasteiger partial charge in [0.1, 0.15) is 6.04 Å². The number of nitrogens with zero attached hydrogens (tertiary/aromatic N) is 2. The molecule has 0 aromatic heterocycles. The van der Waals surface area contributed by atoms with E-state index in [1.807, 2.05) is 40.1 Å². The monoisotopic (exact) mass is 331 g/mol. The SMILES string of the molecule is CCC(C)C(=O)N1Cc2ccccc2CC1C(=O)N(C)CCNC. The predicted octanol–water partition coefficient (Wildman–Crippen LogP) is 1.66. The van der Waals surface area contributed by atoms with Crippen molar-refractivity contribution in [3.05, 3.63) is 35.4 Å². The molecule has 1 aromatic rings. The standard InChI is InChI=1S/C19H29N3O2/c1-5-14(2)18(23)22-13-16-9-7-6-8-15(16)12-17(22)19(24)21(4)11-10-20-3/h6-9,14,17,20H,5,10-13H2,1-4H3. The summed E-state index contributed by atoms with van der Waals surface area (Å²) < 4.78 is 0. The van der Waals surface area contributed by atoms with Crippen molar-refractivity contribution in [2.24, 2.45) is 5.92 Å². The molecular weight excluding hydrogens is 302 g/mol. The molecule has 1 aliphatic rings. The summed E-state index contributed by atoms with van der Waals surface area (Å²) in [5, 5.41) is 3.06. The fourth-order valence-electron chi connectivity index (χ4n) is 3.08. The number of rotatable bonds is 6. The van der Waals surface area contributed by atoms with E-state index in [2.05, 4.69) is 17.4 Å². The molecule has 1 N–H and O–H groups in total. The van der Waals surface area contributed by atoms with Crippen LogP contribution in [0.3, 0.4) is 0 Å². The lowest BCUT2D eigenvalue weighted by molar-refractivity contribution is -0.148. The molecule has 5 nitrogen and oxygen atoms in total. The molecule has 1 heterocycles. The molecule has 1 aliphatic heterocycles. The molecule has 2 unspecified atom stereocenters. The Bertz CT molecular complexity index is 588. The molecule has 5 heteroatoms. The number of hydrogen-bond donors (Lipinski definition) is 1. The molecule has 0 bridgehead atoms. The lowest BCUT2D eigenvalue weighted by Gasteiger charge is -2.39. The fourth-order valence-corrected chi connectivity index (χ4v) is 3.08. The van der Waals surface area contributed by atoms with Crippen LogP contribution in [0.1, 0.15) is 31.4 Å². The Hall–Kier alpha value is -1.88. The van der Waals surface area contributed by atoms with Crippen LogP contribution in [0, 0.1) is 5.92 Å². The van der Waals surface area contributed by atoms with Crippen LogP contribution in [-0.4, -0.2) is 54.8 Å². The average molecular weight is 331 g/mol. The Morgan fingerprint density at radius 3 is 2.62 bits per heavy atom. The summed E-state index contributed by atoms with van der Waals surface area (Å²) in [5.74, 6) is 0.0388. The van der Waals surface area contributed by atoms with E-state index in [1.54, 1.807) is 9.80 Å². The highest BCUT2D eigenvalue weighted by Gasteiger charge is 2.36. The molecule has 132 valence electrons. The molecular formula is C19H29N3O2. The number of hydrogen-bond acceptors (Lipinski definition) is 3. The van der Waals surface area contributed by atoms with Crippen LogP contribution in [0.4, 0.5) is 0 Å². The highest BCUT2D eigenvalue weighted by Crippen LogP contribution is 2.26. The van der Waals surface area contributed by atoms with Crippen molar-refractivity contribution in [2.75, 3.05) is 27.2 Å². The van der Waals surface area contributed by atoms with Crippen LogP contribution in [0.5, 0.6) is 0 Å². The number of likely N-dealkylation sites (N-methyl/N-ethyl adjacent to an activating group) is 2. The zero-order valence-electron chi connectivity index (χ0n) is 15.2. The summed E-state index contributed by atoms with van der Waals surface area (Å²) in [5.41, 5.74) is 2.32. The Morgan fingerprint density at radius 1 is 1.33 bits per heavy atom. The third-order valence-electron chi connectivity index (χ3n) is 4.92. The molecule has 0 spiro atoms. The lowest BCUT2D eigenvalue weighted by atomic mass is 9.91. The van der Waals surface area contributed by atoms with Gasteiger partial charge in [0.15, 0.2) is 0 Å². The maximum atomic E-state index is 12.9. The van der Waals surface area contributed by atoms with Gasteiger partial charge in [-0.2, -0.15) is 0 Å². The number of carbonyl (C=O) groups is 2. The van der Waals surface area contributed by atoms with Crippen molar-refractivity contribution >= 4 is 11.8 Å². The van der Waals surface area contributed by atoms with E-state index in [0.29, 0.717) is 19.5 Å². The summed E-state index contributed by atoms with van der Waals surface area (Å²) in [6.07, 6.45) is 1.38. The van der Waals surface area contributed by atoms with Gasteiger partial charge in [0.25, 0.3) is 0 Å². The van der Waals surface area contributed by atoms with Crippen LogP contribution in [0.15, 0.2) is 24.3 Å². The molecule has 0 radical (unpaired) electrons. The minimum atomic E-state index is -0.400. The Balaban J connectivity index is 2.27. The Kier molecular flexibility index (Phi) is 6.37. The predicted molar refractivity (Wildman–Crippen MR) is 95.5 cm³/mol. The van der Waals surface area contributed by atoms with Crippen LogP contribution in [0.2, 0.25) is 0 Å². The highest BCUT2D eigenvalue weighted by molar-refractivity contribution is 5.89. The minimum Gasteiger partial charge on any atom is -0.343 e. The second kappa shape index (κ2) is 8.29. The summed E-state index contributed by atoms with van der Waals surface area (Å²) in [4.78, 5) is 29.3. The Morgan fingerprint density at radius 2 is 2.00 bits per heavy atom. The van der Waals surface area contributed by atoms with Gasteiger partial charge in [-0.15, -0.1) is 0 Å². The van der Waals surface area contributed by atoms with Crippen LogP contribution in [0.25, 0.3) is 0 Å². The number of carbonyl (C=O) groups excluding carboxylic acids is 2. The van der Waals surface area contributed by atoms with E-state index >= 15 is 0 Å². The Labute approximate surface area is 145 Å². The van der Waals surface area contributed by atoms with Gasteiger partial charge in [-0.1, -0.05) is 38.1 Å². The largest absolute Gasteiger partial charge is 0.343 e. The van der Waals surface area contributed by atoms with Crippen molar-refractivity contribution in [1.82, 2.24) is 15.1 Å². The molecule has 2 atom stereocenters. The van der Waals surface area contributed by atoms with Crippen LogP contribution >= 0.6 is 0 Å².